The van der Waals surface area contributed by atoms with Crippen molar-refractivity contribution in [1.82, 2.24) is 15.1 Å². The van der Waals surface area contributed by atoms with Gasteiger partial charge in [-0.1, -0.05) is 19.8 Å². The van der Waals surface area contributed by atoms with Gasteiger partial charge >= 0.3 is 6.03 Å². The number of aromatic hydroxyl groups is 1. The smallest absolute Gasteiger partial charge is 0.325 e. The van der Waals surface area contributed by atoms with Crippen LogP contribution < -0.4 is 5.32 Å². The summed E-state index contributed by atoms with van der Waals surface area (Å²) >= 11 is 0. The van der Waals surface area contributed by atoms with Gasteiger partial charge in [-0.05, 0) is 55.9 Å². The summed E-state index contributed by atoms with van der Waals surface area (Å²) < 4.78 is 0. The average Bonchev–Trinajstić information content (AvgIpc) is 3.01. The van der Waals surface area contributed by atoms with Gasteiger partial charge in [-0.25, -0.2) is 4.79 Å². The zero-order chi connectivity index (χ0) is 22.2. The van der Waals surface area contributed by atoms with Crippen molar-refractivity contribution in [3.63, 3.8) is 0 Å². The molecule has 166 valence electrons. The number of phenolic OH excluding ortho intramolecular Hbond substituents is 1. The van der Waals surface area contributed by atoms with Crippen molar-refractivity contribution < 1.29 is 24.3 Å². The lowest BCUT2D eigenvalue weighted by Gasteiger charge is -2.37. The molecule has 0 radical (unpaired) electrons. The van der Waals surface area contributed by atoms with Crippen molar-refractivity contribution in [2.45, 2.75) is 51.0 Å². The third-order valence-electron chi connectivity index (χ3n) is 7.17. The molecule has 0 bridgehead atoms. The molecule has 1 spiro atoms. The summed E-state index contributed by atoms with van der Waals surface area (Å²) in [4.78, 5) is 53.7. The molecule has 8 heteroatoms. The molecule has 1 aliphatic carbocycles. The van der Waals surface area contributed by atoms with Crippen molar-refractivity contribution in [1.29, 1.82) is 0 Å². The van der Waals surface area contributed by atoms with Crippen LogP contribution >= 0.6 is 0 Å². The highest BCUT2D eigenvalue weighted by molar-refractivity contribution is 6.09. The van der Waals surface area contributed by atoms with Gasteiger partial charge in [0.25, 0.3) is 5.91 Å². The highest BCUT2D eigenvalue weighted by Crippen LogP contribution is 2.38. The molecule has 2 heterocycles. The molecule has 4 rings (SSSR count). The normalized spacial score (nSPS) is 26.9. The lowest BCUT2D eigenvalue weighted by atomic mass is 9.73. The predicted molar refractivity (Wildman–Crippen MR) is 112 cm³/mol. The molecule has 8 nitrogen and oxygen atoms in total. The van der Waals surface area contributed by atoms with E-state index < -0.39 is 11.6 Å². The van der Waals surface area contributed by atoms with E-state index in [0.29, 0.717) is 37.9 Å². The van der Waals surface area contributed by atoms with E-state index in [4.69, 9.17) is 0 Å². The Bertz CT molecular complexity index is 891. The van der Waals surface area contributed by atoms with E-state index in [1.54, 1.807) is 17.0 Å². The number of rotatable bonds is 4. The molecule has 31 heavy (non-hydrogen) atoms. The van der Waals surface area contributed by atoms with Crippen molar-refractivity contribution in [3.05, 3.63) is 29.8 Å². The number of Topliss-reactive ketones (excluding diaryl/α,β-unsaturated/α-hetero) is 1. The maximum absolute atomic E-state index is 13.1. The van der Waals surface area contributed by atoms with E-state index in [1.165, 1.54) is 12.1 Å². The Morgan fingerprint density at radius 1 is 1.10 bits per heavy atom. The van der Waals surface area contributed by atoms with Crippen molar-refractivity contribution >= 4 is 23.6 Å². The second-order valence-corrected chi connectivity index (χ2v) is 9.01. The molecule has 2 saturated heterocycles. The van der Waals surface area contributed by atoms with Crippen LogP contribution in [0, 0.1) is 11.8 Å². The number of ketones is 1. The molecule has 2 unspecified atom stereocenters. The molecule has 3 fully saturated rings. The van der Waals surface area contributed by atoms with Crippen molar-refractivity contribution in [3.8, 4) is 5.75 Å². The third kappa shape index (κ3) is 3.91. The number of benzene rings is 1. The number of amides is 4. The Morgan fingerprint density at radius 3 is 2.42 bits per heavy atom. The summed E-state index contributed by atoms with van der Waals surface area (Å²) in [7, 11) is 0. The second kappa shape index (κ2) is 8.32. The quantitative estimate of drug-likeness (QED) is 0.566. The SMILES string of the molecule is CC1CCCCC12NC(=O)N(CC(=O)N1CCC(C(=O)c3ccc(O)cc3)CC1)C2=O. The van der Waals surface area contributed by atoms with E-state index >= 15 is 0 Å². The highest BCUT2D eigenvalue weighted by Gasteiger charge is 2.55. The number of carbonyl (C=O) groups is 4. The summed E-state index contributed by atoms with van der Waals surface area (Å²) in [6, 6.07) is 5.71. The minimum absolute atomic E-state index is 0.00873. The molecular weight excluding hydrogens is 398 g/mol. The molecule has 1 aromatic carbocycles. The average molecular weight is 428 g/mol. The van der Waals surface area contributed by atoms with Crippen molar-refractivity contribution in [2.75, 3.05) is 19.6 Å². The summed E-state index contributed by atoms with van der Waals surface area (Å²) in [5, 5.41) is 12.3. The summed E-state index contributed by atoms with van der Waals surface area (Å²) in [6.07, 6.45) is 4.51. The minimum Gasteiger partial charge on any atom is -0.508 e. The van der Waals surface area contributed by atoms with E-state index in [-0.39, 0.29) is 41.7 Å². The number of imide groups is 1. The fourth-order valence-corrected chi connectivity index (χ4v) is 5.13. The number of nitrogens with zero attached hydrogens (tertiary/aromatic N) is 2. The number of phenols is 1. The fourth-order valence-electron chi connectivity index (χ4n) is 5.13. The van der Waals surface area contributed by atoms with Gasteiger partial charge < -0.3 is 15.3 Å². The first-order chi connectivity index (χ1) is 14.8. The van der Waals surface area contributed by atoms with E-state index in [1.807, 2.05) is 6.92 Å². The van der Waals surface area contributed by atoms with Gasteiger partial charge in [0.2, 0.25) is 5.91 Å². The van der Waals surface area contributed by atoms with Crippen LogP contribution in [0.15, 0.2) is 24.3 Å². The summed E-state index contributed by atoms with van der Waals surface area (Å²) in [5.74, 6) is -0.553. The number of likely N-dealkylation sites (tertiary alicyclic amines) is 1. The van der Waals surface area contributed by atoms with E-state index in [0.717, 1.165) is 24.2 Å². The third-order valence-corrected chi connectivity index (χ3v) is 7.17. The molecule has 2 aliphatic heterocycles. The van der Waals surface area contributed by atoms with Gasteiger partial charge in [-0.15, -0.1) is 0 Å². The minimum atomic E-state index is -0.862. The Balaban J connectivity index is 1.34. The Labute approximate surface area is 181 Å². The monoisotopic (exact) mass is 427 g/mol. The maximum atomic E-state index is 13.1. The highest BCUT2D eigenvalue weighted by atomic mass is 16.3. The molecule has 1 aromatic rings. The van der Waals surface area contributed by atoms with Crippen LogP contribution in [0.1, 0.15) is 55.8 Å². The first kappa shape index (κ1) is 21.3. The zero-order valence-electron chi connectivity index (χ0n) is 17.8. The Hall–Kier alpha value is -2.90. The van der Waals surface area contributed by atoms with Gasteiger partial charge in [0.15, 0.2) is 5.78 Å². The predicted octanol–water partition coefficient (Wildman–Crippen LogP) is 2.31. The Kier molecular flexibility index (Phi) is 5.73. The number of nitrogens with one attached hydrogen (secondary N) is 1. The fraction of sp³-hybridized carbons (Fsp3) is 0.565. The standard InChI is InChI=1S/C23H29N3O5/c1-15-4-2-3-11-23(15)21(30)26(22(31)24-23)14-19(28)25-12-9-17(10-13-25)20(29)16-5-7-18(27)8-6-16/h5-8,15,17,27H,2-4,9-14H2,1H3,(H,24,31). The van der Waals surface area contributed by atoms with Gasteiger partial charge in [-0.2, -0.15) is 0 Å². The topological polar surface area (TPSA) is 107 Å². The Morgan fingerprint density at radius 2 is 1.77 bits per heavy atom. The molecule has 2 N–H and O–H groups in total. The largest absolute Gasteiger partial charge is 0.508 e. The van der Waals surface area contributed by atoms with Crippen LogP contribution in [-0.4, -0.2) is 63.7 Å². The molecule has 3 aliphatic rings. The molecule has 2 atom stereocenters. The first-order valence-electron chi connectivity index (χ1n) is 11.1. The number of piperidine rings is 1. The van der Waals surface area contributed by atoms with Crippen LogP contribution in [0.5, 0.6) is 5.75 Å². The molecule has 0 aromatic heterocycles. The number of hydrogen-bond acceptors (Lipinski definition) is 5. The van der Waals surface area contributed by atoms with Gasteiger partial charge in [-0.3, -0.25) is 19.3 Å². The zero-order valence-corrected chi connectivity index (χ0v) is 17.8. The van der Waals surface area contributed by atoms with Crippen LogP contribution in [0.2, 0.25) is 0 Å². The lowest BCUT2D eigenvalue weighted by Crippen LogP contribution is -2.54. The van der Waals surface area contributed by atoms with Crippen molar-refractivity contribution in [2.24, 2.45) is 11.8 Å². The van der Waals surface area contributed by atoms with E-state index in [9.17, 15) is 24.3 Å². The van der Waals surface area contributed by atoms with Crippen LogP contribution in [0.4, 0.5) is 4.79 Å². The molecular formula is C23H29N3O5. The summed E-state index contributed by atoms with van der Waals surface area (Å²) in [6.45, 7) is 2.56. The van der Waals surface area contributed by atoms with Crippen LogP contribution in [0.25, 0.3) is 0 Å². The van der Waals surface area contributed by atoms with Gasteiger partial charge in [0, 0.05) is 24.6 Å². The van der Waals surface area contributed by atoms with Crippen LogP contribution in [0.3, 0.4) is 0 Å². The van der Waals surface area contributed by atoms with Gasteiger partial charge in [0.05, 0.1) is 0 Å². The molecule has 4 amide bonds. The number of urea groups is 1. The van der Waals surface area contributed by atoms with Crippen LogP contribution in [-0.2, 0) is 9.59 Å². The number of carbonyl (C=O) groups excluding carboxylic acids is 4. The maximum Gasteiger partial charge on any atom is 0.325 e. The lowest BCUT2D eigenvalue weighted by molar-refractivity contribution is -0.141. The number of hydrogen-bond donors (Lipinski definition) is 2. The van der Waals surface area contributed by atoms with Gasteiger partial charge in [0.1, 0.15) is 17.8 Å². The van der Waals surface area contributed by atoms with E-state index in [2.05, 4.69) is 5.32 Å². The summed E-state index contributed by atoms with van der Waals surface area (Å²) in [5.41, 5.74) is -0.312. The first-order valence-corrected chi connectivity index (χ1v) is 11.1. The second-order valence-electron chi connectivity index (χ2n) is 9.01. The molecule has 1 saturated carbocycles.